The van der Waals surface area contributed by atoms with Gasteiger partial charge in [-0.3, -0.25) is 4.79 Å². The Morgan fingerprint density at radius 2 is 1.81 bits per heavy atom. The molecule has 0 heterocycles. The van der Waals surface area contributed by atoms with Gasteiger partial charge in [-0.25, -0.2) is 0 Å². The molecule has 0 spiro atoms. The van der Waals surface area contributed by atoms with Crippen molar-refractivity contribution >= 4 is 21.7 Å². The lowest BCUT2D eigenvalue weighted by molar-refractivity contribution is 0.0978. The van der Waals surface area contributed by atoms with Crippen LogP contribution in [-0.2, 0) is 6.42 Å². The molecular weight excluding hydrogens is 264 g/mol. The lowest BCUT2D eigenvalue weighted by atomic mass is 9.99. The van der Waals surface area contributed by atoms with Crippen molar-refractivity contribution < 1.29 is 4.79 Å². The number of halogens is 1. The van der Waals surface area contributed by atoms with Gasteiger partial charge >= 0.3 is 0 Å². The second-order valence-electron chi connectivity index (χ2n) is 4.46. The first kappa shape index (κ1) is 13.4. The molecule has 0 saturated carbocycles. The van der Waals surface area contributed by atoms with Crippen molar-refractivity contribution in [1.29, 1.82) is 0 Å². The second kappa shape index (κ2) is 6.19. The van der Waals surface area contributed by atoms with E-state index in [1.165, 1.54) is 5.56 Å². The van der Waals surface area contributed by atoms with Crippen LogP contribution in [0.3, 0.4) is 0 Å². The second-order valence-corrected chi connectivity index (χ2v) is 5.44. The van der Waals surface area contributed by atoms with Crippen LogP contribution in [0, 0.1) is 5.92 Å². The molecule has 0 aromatic heterocycles. The number of hydrogen-bond acceptors (Lipinski definition) is 1. The predicted molar refractivity (Wildman–Crippen MR) is 72.3 cm³/mol. The molecule has 1 unspecified atom stereocenters. The molecule has 0 aliphatic heterocycles. The number of Topliss-reactive ketones (excluding diaryl/α,β-unsaturated/α-hetero) is 1. The van der Waals surface area contributed by atoms with Crippen molar-refractivity contribution in [2.24, 2.45) is 5.92 Å². The summed E-state index contributed by atoms with van der Waals surface area (Å²) in [6.07, 6.45) is 2.22. The molecule has 0 fully saturated rings. The Hall–Kier alpha value is -0.630. The maximum atomic E-state index is 12.0. The maximum Gasteiger partial charge on any atom is 0.176 e. The number of carbonyl (C=O) groups is 1. The quantitative estimate of drug-likeness (QED) is 0.583. The van der Waals surface area contributed by atoms with Crippen LogP contribution in [0.5, 0.6) is 0 Å². The number of ketones is 1. The summed E-state index contributed by atoms with van der Waals surface area (Å²) in [5.74, 6) is 0.501. The van der Waals surface area contributed by atoms with Crippen LogP contribution in [0.1, 0.15) is 43.1 Å². The fourth-order valence-corrected chi connectivity index (χ4v) is 1.85. The Morgan fingerprint density at radius 3 is 2.25 bits per heavy atom. The third-order valence-corrected chi connectivity index (χ3v) is 4.09. The molecule has 0 bridgehead atoms. The number of carbonyl (C=O) groups excluding carboxylic acids is 1. The molecular formula is C14H19BrO. The molecule has 1 aromatic carbocycles. The van der Waals surface area contributed by atoms with Gasteiger partial charge in [0.2, 0.25) is 0 Å². The number of aryl methyl sites for hydroxylation is 1. The van der Waals surface area contributed by atoms with Gasteiger partial charge in [-0.15, -0.1) is 0 Å². The van der Waals surface area contributed by atoms with E-state index in [1.807, 2.05) is 26.0 Å². The summed E-state index contributed by atoms with van der Waals surface area (Å²) in [7, 11) is 0. The fraction of sp³-hybridized carbons (Fsp3) is 0.500. The largest absolute Gasteiger partial charge is 0.293 e. The van der Waals surface area contributed by atoms with Gasteiger partial charge in [0.25, 0.3) is 0 Å². The highest BCUT2D eigenvalue weighted by Crippen LogP contribution is 2.18. The highest BCUT2D eigenvalue weighted by molar-refractivity contribution is 9.10. The van der Waals surface area contributed by atoms with Crippen LogP contribution < -0.4 is 0 Å². The van der Waals surface area contributed by atoms with E-state index in [9.17, 15) is 4.79 Å². The van der Waals surface area contributed by atoms with Gasteiger partial charge in [0, 0.05) is 5.56 Å². The molecule has 1 aromatic rings. The highest BCUT2D eigenvalue weighted by Gasteiger charge is 2.19. The zero-order valence-corrected chi connectivity index (χ0v) is 11.8. The average Bonchev–Trinajstić information content (AvgIpc) is 2.28. The van der Waals surface area contributed by atoms with E-state index in [2.05, 4.69) is 35.0 Å². The third kappa shape index (κ3) is 3.44. The van der Waals surface area contributed by atoms with Crippen LogP contribution >= 0.6 is 15.9 Å². The molecule has 16 heavy (non-hydrogen) atoms. The van der Waals surface area contributed by atoms with Crippen LogP contribution in [-0.4, -0.2) is 10.6 Å². The predicted octanol–water partition coefficient (Wildman–Crippen LogP) is 4.24. The van der Waals surface area contributed by atoms with Gasteiger partial charge in [-0.1, -0.05) is 67.4 Å². The van der Waals surface area contributed by atoms with E-state index < -0.39 is 0 Å². The normalized spacial score (nSPS) is 12.8. The molecule has 0 saturated heterocycles. The minimum Gasteiger partial charge on any atom is -0.293 e. The summed E-state index contributed by atoms with van der Waals surface area (Å²) >= 11 is 3.44. The van der Waals surface area contributed by atoms with Crippen LogP contribution in [0.25, 0.3) is 0 Å². The first-order valence-corrected chi connectivity index (χ1v) is 6.75. The van der Waals surface area contributed by atoms with Crippen LogP contribution in [0.4, 0.5) is 0 Å². The maximum absolute atomic E-state index is 12.0. The molecule has 0 aliphatic rings. The first-order chi connectivity index (χ1) is 7.56. The van der Waals surface area contributed by atoms with Gasteiger partial charge in [-0.05, 0) is 17.9 Å². The molecule has 2 heteroatoms. The topological polar surface area (TPSA) is 17.1 Å². The van der Waals surface area contributed by atoms with Crippen molar-refractivity contribution in [1.82, 2.24) is 0 Å². The van der Waals surface area contributed by atoms with Crippen LogP contribution in [0.15, 0.2) is 24.3 Å². The van der Waals surface area contributed by atoms with Gasteiger partial charge in [0.1, 0.15) is 0 Å². The molecule has 88 valence electrons. The summed E-state index contributed by atoms with van der Waals surface area (Å²) in [6, 6.07) is 7.97. The smallest absolute Gasteiger partial charge is 0.176 e. The number of hydrogen-bond donors (Lipinski definition) is 0. The van der Waals surface area contributed by atoms with Gasteiger partial charge in [-0.2, -0.15) is 0 Å². The molecule has 1 nitrogen and oxygen atoms in total. The van der Waals surface area contributed by atoms with E-state index in [-0.39, 0.29) is 10.6 Å². The van der Waals surface area contributed by atoms with Crippen molar-refractivity contribution in [3.63, 3.8) is 0 Å². The molecule has 0 radical (unpaired) electrons. The Bertz CT molecular complexity index is 340. The van der Waals surface area contributed by atoms with E-state index in [1.54, 1.807) is 0 Å². The Balaban J connectivity index is 2.77. The minimum atomic E-state index is -0.0791. The SMILES string of the molecule is CCCc1ccc(C(=O)C(Br)C(C)C)cc1. The average molecular weight is 283 g/mol. The van der Waals surface area contributed by atoms with Crippen molar-refractivity contribution in [2.45, 2.75) is 38.4 Å². The lowest BCUT2D eigenvalue weighted by Crippen LogP contribution is -2.19. The summed E-state index contributed by atoms with van der Waals surface area (Å²) in [4.78, 5) is 11.9. The fourth-order valence-electron chi connectivity index (χ4n) is 1.59. The molecule has 0 N–H and O–H groups in total. The highest BCUT2D eigenvalue weighted by atomic mass is 79.9. The Kier molecular flexibility index (Phi) is 5.20. The Morgan fingerprint density at radius 1 is 1.25 bits per heavy atom. The molecule has 0 amide bonds. The van der Waals surface area contributed by atoms with E-state index in [0.717, 1.165) is 18.4 Å². The van der Waals surface area contributed by atoms with Gasteiger partial charge in [0.05, 0.1) is 4.83 Å². The lowest BCUT2D eigenvalue weighted by Gasteiger charge is -2.12. The summed E-state index contributed by atoms with van der Waals surface area (Å²) in [5.41, 5.74) is 2.10. The van der Waals surface area contributed by atoms with Gasteiger partial charge < -0.3 is 0 Å². The van der Waals surface area contributed by atoms with Crippen molar-refractivity contribution in [3.05, 3.63) is 35.4 Å². The van der Waals surface area contributed by atoms with Crippen molar-refractivity contribution in [2.75, 3.05) is 0 Å². The van der Waals surface area contributed by atoms with E-state index in [4.69, 9.17) is 0 Å². The number of alkyl halides is 1. The summed E-state index contributed by atoms with van der Waals surface area (Å²) < 4.78 is 0. The van der Waals surface area contributed by atoms with E-state index in [0.29, 0.717) is 5.92 Å². The van der Waals surface area contributed by atoms with Crippen LogP contribution in [0.2, 0.25) is 0 Å². The zero-order valence-electron chi connectivity index (χ0n) is 10.2. The molecule has 1 atom stereocenters. The first-order valence-electron chi connectivity index (χ1n) is 5.83. The molecule has 0 aliphatic carbocycles. The molecule has 1 rings (SSSR count). The van der Waals surface area contributed by atoms with Gasteiger partial charge in [0.15, 0.2) is 5.78 Å². The Labute approximate surface area is 106 Å². The van der Waals surface area contributed by atoms with Crippen molar-refractivity contribution in [3.8, 4) is 0 Å². The third-order valence-electron chi connectivity index (χ3n) is 2.61. The standard InChI is InChI=1S/C14H19BrO/c1-4-5-11-6-8-12(9-7-11)14(16)13(15)10(2)3/h6-10,13H,4-5H2,1-3H3. The van der Waals surface area contributed by atoms with E-state index >= 15 is 0 Å². The number of rotatable bonds is 5. The zero-order chi connectivity index (χ0) is 12.1. The number of benzene rings is 1. The monoisotopic (exact) mass is 282 g/mol. The minimum absolute atomic E-state index is 0.0791. The summed E-state index contributed by atoms with van der Waals surface area (Å²) in [5, 5.41) is 0. The summed E-state index contributed by atoms with van der Waals surface area (Å²) in [6.45, 7) is 6.25.